The zero-order chi connectivity index (χ0) is 16.0. The molecule has 6 nitrogen and oxygen atoms in total. The Morgan fingerprint density at radius 2 is 2.05 bits per heavy atom. The van der Waals surface area contributed by atoms with E-state index >= 15 is 0 Å². The lowest BCUT2D eigenvalue weighted by Crippen LogP contribution is -2.22. The number of benzene rings is 1. The number of hydroxylamine groups is 2. The highest BCUT2D eigenvalue weighted by Gasteiger charge is 2.18. The largest absolute Gasteiger partial charge is 0.366 e. The Kier molecular flexibility index (Phi) is 6.05. The number of Topliss-reactive ketones (excluding diaryl/α,β-unsaturated/α-hetero) is 1. The molecule has 1 saturated heterocycles. The van der Waals surface area contributed by atoms with Crippen molar-refractivity contribution in [2.45, 2.75) is 27.2 Å². The van der Waals surface area contributed by atoms with Crippen molar-refractivity contribution in [3.63, 3.8) is 0 Å². The molecule has 0 aromatic heterocycles. The van der Waals surface area contributed by atoms with E-state index in [0.717, 1.165) is 5.56 Å². The first-order valence-electron chi connectivity index (χ1n) is 6.71. The predicted molar refractivity (Wildman–Crippen MR) is 77.7 cm³/mol. The third kappa shape index (κ3) is 4.68. The zero-order valence-corrected chi connectivity index (χ0v) is 12.5. The van der Waals surface area contributed by atoms with Crippen LogP contribution in [-0.2, 0) is 9.63 Å². The average molecular weight is 292 g/mol. The second-order valence-corrected chi connectivity index (χ2v) is 4.62. The Balaban J connectivity index is 0.000000235. The minimum Gasteiger partial charge on any atom is -0.366 e. The summed E-state index contributed by atoms with van der Waals surface area (Å²) in [5.74, 6) is -0.376. The third-order valence-electron chi connectivity index (χ3n) is 3.03. The molecule has 0 radical (unpaired) electrons. The number of nitrogens with zero attached hydrogens (tertiary/aromatic N) is 1. The van der Waals surface area contributed by atoms with Gasteiger partial charge in [0.15, 0.2) is 5.78 Å². The first kappa shape index (κ1) is 16.8. The van der Waals surface area contributed by atoms with Crippen molar-refractivity contribution in [2.24, 2.45) is 5.73 Å². The van der Waals surface area contributed by atoms with E-state index in [1.807, 2.05) is 6.92 Å². The van der Waals surface area contributed by atoms with Gasteiger partial charge >= 0.3 is 0 Å². The van der Waals surface area contributed by atoms with Gasteiger partial charge in [0.25, 0.3) is 0 Å². The van der Waals surface area contributed by atoms with E-state index in [-0.39, 0.29) is 11.7 Å². The van der Waals surface area contributed by atoms with Gasteiger partial charge in [-0.25, -0.2) is 5.06 Å². The summed E-state index contributed by atoms with van der Waals surface area (Å²) >= 11 is 0. The molecule has 21 heavy (non-hydrogen) atoms. The van der Waals surface area contributed by atoms with Crippen LogP contribution in [0.1, 0.15) is 46.5 Å². The number of amides is 2. The summed E-state index contributed by atoms with van der Waals surface area (Å²) in [5.41, 5.74) is 6.92. The van der Waals surface area contributed by atoms with E-state index in [2.05, 4.69) is 0 Å². The van der Waals surface area contributed by atoms with Crippen molar-refractivity contribution < 1.29 is 19.2 Å². The summed E-state index contributed by atoms with van der Waals surface area (Å²) in [7, 11) is 0. The lowest BCUT2D eigenvalue weighted by molar-refractivity contribution is -0.160. The standard InChI is InChI=1S/C10H11NO2.C5H9NO2/c1-6-5-8(7(2)12)3-4-9(6)10(11)13;1-2-6-5(7)3-4-8-6/h3-5H,1-2H3,(H2,11,13);2-4H2,1H3. The molecule has 1 aromatic rings. The molecular weight excluding hydrogens is 272 g/mol. The molecule has 1 aromatic carbocycles. The van der Waals surface area contributed by atoms with E-state index < -0.39 is 5.91 Å². The summed E-state index contributed by atoms with van der Waals surface area (Å²) in [6.07, 6.45) is 0.549. The van der Waals surface area contributed by atoms with Crippen molar-refractivity contribution >= 4 is 17.6 Å². The van der Waals surface area contributed by atoms with Crippen LogP contribution in [0.15, 0.2) is 18.2 Å². The van der Waals surface area contributed by atoms with Gasteiger partial charge in [-0.3, -0.25) is 19.2 Å². The normalized spacial score (nSPS) is 13.7. The maximum absolute atomic E-state index is 11.0. The Morgan fingerprint density at radius 1 is 1.38 bits per heavy atom. The molecule has 1 fully saturated rings. The van der Waals surface area contributed by atoms with Gasteiger partial charge in [-0.2, -0.15) is 0 Å². The van der Waals surface area contributed by atoms with Gasteiger partial charge in [-0.15, -0.1) is 0 Å². The fraction of sp³-hybridized carbons (Fsp3) is 0.400. The minimum atomic E-state index is -0.465. The monoisotopic (exact) mass is 292 g/mol. The molecule has 2 N–H and O–H groups in total. The number of aryl methyl sites for hydroxylation is 1. The van der Waals surface area contributed by atoms with Crippen LogP contribution in [0.25, 0.3) is 0 Å². The van der Waals surface area contributed by atoms with E-state index in [1.165, 1.54) is 12.0 Å². The number of carbonyl (C=O) groups is 3. The van der Waals surface area contributed by atoms with Gasteiger partial charge in [-0.05, 0) is 38.5 Å². The Labute approximate surface area is 123 Å². The van der Waals surface area contributed by atoms with Crippen molar-refractivity contribution in [3.8, 4) is 0 Å². The van der Waals surface area contributed by atoms with Crippen LogP contribution in [0, 0.1) is 6.92 Å². The minimum absolute atomic E-state index is 0.0147. The molecule has 1 aliphatic heterocycles. The topological polar surface area (TPSA) is 89.7 Å². The Bertz CT molecular complexity index is 555. The van der Waals surface area contributed by atoms with E-state index in [1.54, 1.807) is 25.1 Å². The van der Waals surface area contributed by atoms with Crippen LogP contribution in [0.5, 0.6) is 0 Å². The molecule has 2 amide bonds. The molecule has 1 aliphatic rings. The summed E-state index contributed by atoms with van der Waals surface area (Å²) in [5, 5.41) is 1.39. The van der Waals surface area contributed by atoms with Gasteiger partial charge in [0.05, 0.1) is 13.0 Å². The van der Waals surface area contributed by atoms with E-state index in [9.17, 15) is 14.4 Å². The maximum atomic E-state index is 11.0. The molecule has 2 rings (SSSR count). The number of hydrogen-bond acceptors (Lipinski definition) is 4. The Morgan fingerprint density at radius 3 is 2.38 bits per heavy atom. The smallest absolute Gasteiger partial charge is 0.248 e. The number of ketones is 1. The van der Waals surface area contributed by atoms with Gasteiger partial charge in [0, 0.05) is 17.7 Å². The third-order valence-corrected chi connectivity index (χ3v) is 3.03. The van der Waals surface area contributed by atoms with Crippen LogP contribution >= 0.6 is 0 Å². The van der Waals surface area contributed by atoms with E-state index in [0.29, 0.717) is 30.7 Å². The number of primary amides is 1. The molecule has 0 aliphatic carbocycles. The summed E-state index contributed by atoms with van der Waals surface area (Å²) in [4.78, 5) is 37.3. The maximum Gasteiger partial charge on any atom is 0.248 e. The molecule has 1 heterocycles. The van der Waals surface area contributed by atoms with Gasteiger partial charge in [0.1, 0.15) is 0 Å². The highest BCUT2D eigenvalue weighted by Crippen LogP contribution is 2.10. The molecule has 0 spiro atoms. The molecular formula is C15H20N2O4. The fourth-order valence-electron chi connectivity index (χ4n) is 1.87. The summed E-state index contributed by atoms with van der Waals surface area (Å²) in [6, 6.07) is 4.85. The second-order valence-electron chi connectivity index (χ2n) is 4.62. The van der Waals surface area contributed by atoms with Crippen molar-refractivity contribution in [1.82, 2.24) is 5.06 Å². The SMILES string of the molecule is CC(=O)c1ccc(C(N)=O)c(C)c1.CCN1OCCC1=O. The number of hydrogen-bond donors (Lipinski definition) is 1. The quantitative estimate of drug-likeness (QED) is 0.854. The van der Waals surface area contributed by atoms with Crippen LogP contribution < -0.4 is 5.73 Å². The van der Waals surface area contributed by atoms with Crippen LogP contribution in [0.3, 0.4) is 0 Å². The molecule has 0 saturated carbocycles. The number of nitrogens with two attached hydrogens (primary N) is 1. The summed E-state index contributed by atoms with van der Waals surface area (Å²) < 4.78 is 0. The lowest BCUT2D eigenvalue weighted by atomic mass is 10.0. The second kappa shape index (κ2) is 7.54. The highest BCUT2D eigenvalue weighted by molar-refractivity contribution is 5.98. The Hall–Kier alpha value is -2.21. The molecule has 0 atom stereocenters. The van der Waals surface area contributed by atoms with Gasteiger partial charge < -0.3 is 5.73 Å². The van der Waals surface area contributed by atoms with Crippen molar-refractivity contribution in [1.29, 1.82) is 0 Å². The predicted octanol–water partition coefficient (Wildman–Crippen LogP) is 1.47. The molecule has 114 valence electrons. The van der Waals surface area contributed by atoms with Crippen molar-refractivity contribution in [3.05, 3.63) is 34.9 Å². The van der Waals surface area contributed by atoms with Crippen LogP contribution in [0.2, 0.25) is 0 Å². The number of carbonyl (C=O) groups excluding carboxylic acids is 3. The molecule has 6 heteroatoms. The lowest BCUT2D eigenvalue weighted by Gasteiger charge is -2.08. The number of rotatable bonds is 3. The van der Waals surface area contributed by atoms with Crippen LogP contribution in [0.4, 0.5) is 0 Å². The average Bonchev–Trinajstić information content (AvgIpc) is 2.84. The summed E-state index contributed by atoms with van der Waals surface area (Å²) in [6.45, 7) is 6.36. The van der Waals surface area contributed by atoms with Gasteiger partial charge in [0.2, 0.25) is 11.8 Å². The zero-order valence-electron chi connectivity index (χ0n) is 12.5. The van der Waals surface area contributed by atoms with Crippen LogP contribution in [-0.4, -0.2) is 35.8 Å². The van der Waals surface area contributed by atoms with Gasteiger partial charge in [-0.1, -0.05) is 6.07 Å². The highest BCUT2D eigenvalue weighted by atomic mass is 16.7. The molecule has 0 bridgehead atoms. The first-order valence-corrected chi connectivity index (χ1v) is 6.71. The van der Waals surface area contributed by atoms with Crippen molar-refractivity contribution in [2.75, 3.05) is 13.2 Å². The first-order chi connectivity index (χ1) is 9.86. The fourth-order valence-corrected chi connectivity index (χ4v) is 1.87. The molecule has 0 unspecified atom stereocenters. The van der Waals surface area contributed by atoms with E-state index in [4.69, 9.17) is 10.6 Å².